The molecule has 2 fully saturated rings. The van der Waals surface area contributed by atoms with Gasteiger partial charge in [-0.05, 0) is 54.7 Å². The van der Waals surface area contributed by atoms with Crippen LogP contribution in [0.3, 0.4) is 0 Å². The van der Waals surface area contributed by atoms with E-state index < -0.39 is 155 Å². The molecule has 11 unspecified atom stereocenters. The van der Waals surface area contributed by atoms with E-state index in [1.54, 1.807) is 24.3 Å². The van der Waals surface area contributed by atoms with Crippen LogP contribution in [-0.4, -0.2) is 162 Å². The lowest BCUT2D eigenvalue weighted by atomic mass is 9.77. The number of aliphatic hydroxyl groups excluding tert-OH is 7. The van der Waals surface area contributed by atoms with Crippen LogP contribution in [0.2, 0.25) is 0 Å². The van der Waals surface area contributed by atoms with Crippen LogP contribution in [0.1, 0.15) is 42.0 Å². The van der Waals surface area contributed by atoms with E-state index >= 15 is 4.79 Å². The Balaban J connectivity index is 1.31. The molecule has 17 N–H and O–H groups in total. The van der Waals surface area contributed by atoms with Gasteiger partial charge in [-0.25, -0.2) is 9.59 Å². The van der Waals surface area contributed by atoms with Crippen LogP contribution in [0, 0.1) is 11.8 Å². The molecular formula is C48H49N3O21. The highest BCUT2D eigenvalue weighted by Gasteiger charge is 2.75. The first-order valence-electron chi connectivity index (χ1n) is 22.4. The molecule has 7 heterocycles. The summed E-state index contributed by atoms with van der Waals surface area (Å²) in [5.41, 5.74) is -1.59. The van der Waals surface area contributed by atoms with Gasteiger partial charge in [0.15, 0.2) is 29.1 Å². The molecule has 2 saturated heterocycles. The summed E-state index contributed by atoms with van der Waals surface area (Å²) in [6.45, 7) is -1.17. The first-order chi connectivity index (χ1) is 34.1. The fourth-order valence-corrected chi connectivity index (χ4v) is 9.83. The highest BCUT2D eigenvalue weighted by molar-refractivity contribution is 5.90. The number of carboxylic acid groups (broad SMARTS) is 1. The largest absolute Gasteiger partial charge is 0.507 e. The molecule has 24 nitrogen and oxygen atoms in total. The molecule has 0 aliphatic carbocycles. The van der Waals surface area contributed by atoms with Crippen molar-refractivity contribution in [1.82, 2.24) is 10.3 Å². The van der Waals surface area contributed by atoms with Crippen molar-refractivity contribution in [3.05, 3.63) is 105 Å². The number of aromatic amines is 1. The molecule has 72 heavy (non-hydrogen) atoms. The summed E-state index contributed by atoms with van der Waals surface area (Å²) >= 11 is 0. The van der Waals surface area contributed by atoms with Crippen molar-refractivity contribution in [2.45, 2.75) is 103 Å². The van der Waals surface area contributed by atoms with Crippen molar-refractivity contribution in [1.29, 1.82) is 0 Å². The van der Waals surface area contributed by atoms with Crippen molar-refractivity contribution >= 4 is 22.9 Å². The minimum Gasteiger partial charge on any atom is -0.507 e. The molecule has 0 saturated carbocycles. The van der Waals surface area contributed by atoms with E-state index in [1.807, 2.05) is 5.92 Å². The summed E-state index contributed by atoms with van der Waals surface area (Å²) < 4.78 is 30.9. The number of rotatable bonds is 10. The molecule has 2 bridgehead atoms. The summed E-state index contributed by atoms with van der Waals surface area (Å²) in [7, 11) is 0. The van der Waals surface area contributed by atoms with E-state index in [9.17, 15) is 76.0 Å². The number of allylic oxidation sites excluding steroid dienone is 3. The zero-order valence-electron chi connectivity index (χ0n) is 37.5. The monoisotopic (exact) mass is 1000 g/mol. The number of aliphatic carboxylic acids is 1. The summed E-state index contributed by atoms with van der Waals surface area (Å²) in [5, 5.41) is 147. The average Bonchev–Trinajstić information content (AvgIpc) is 3.83. The van der Waals surface area contributed by atoms with E-state index in [0.29, 0.717) is 11.3 Å². The maximum atomic E-state index is 15.2. The number of nitrogens with one attached hydrogen (secondary N) is 2. The van der Waals surface area contributed by atoms with Gasteiger partial charge >= 0.3 is 11.9 Å². The first kappa shape index (κ1) is 50.1. The molecule has 0 radical (unpaired) electrons. The SMILES string of the molecule is NC1C=CC(C2C=C(Cc3ccc[nH]3)C3(Oc4cc5oc(-c6cc(O)c(O)c(CCO)c6)cc(=O)c5c(O)c42)OC2(CC#CC4(C(=O)O)OC(CCCO)(OC2=O)C(O)C(O)C4(O)O)C(O)C(O)C3O)=CN1. The van der Waals surface area contributed by atoms with E-state index in [2.05, 4.69) is 16.2 Å². The second-order valence-corrected chi connectivity index (χ2v) is 18.1. The number of aromatic hydroxyl groups is 3. The number of fused-ring (bicyclic) bond motifs is 4. The minimum absolute atomic E-state index is 0.0318. The molecule has 0 amide bonds. The number of H-pyrrole nitrogens is 1. The topological polar surface area (TPSA) is 418 Å². The number of carbonyl (C=O) groups is 2. The van der Waals surface area contributed by atoms with Crippen LogP contribution in [0.15, 0.2) is 87.4 Å². The van der Waals surface area contributed by atoms with Gasteiger partial charge < -0.3 is 106 Å². The van der Waals surface area contributed by atoms with Gasteiger partial charge in [0.1, 0.15) is 46.5 Å². The Morgan fingerprint density at radius 2 is 1.68 bits per heavy atom. The van der Waals surface area contributed by atoms with Crippen LogP contribution in [0.25, 0.3) is 22.3 Å². The van der Waals surface area contributed by atoms with Crippen molar-refractivity contribution in [2.75, 3.05) is 13.2 Å². The normalized spacial score (nSPS) is 32.6. The van der Waals surface area contributed by atoms with Crippen molar-refractivity contribution in [2.24, 2.45) is 5.73 Å². The summed E-state index contributed by atoms with van der Waals surface area (Å²) in [6.07, 6.45) is -9.54. The van der Waals surface area contributed by atoms with Gasteiger partial charge in [-0.15, -0.1) is 0 Å². The third kappa shape index (κ3) is 7.61. The Bertz CT molecular complexity index is 3070. The zero-order valence-corrected chi connectivity index (χ0v) is 37.5. The molecule has 2 aromatic carbocycles. The number of phenolic OH excluding ortho intramolecular Hbond substituents is 3. The van der Waals surface area contributed by atoms with E-state index in [1.165, 1.54) is 24.5 Å². The highest BCUT2D eigenvalue weighted by Crippen LogP contribution is 2.55. The molecule has 4 aromatic rings. The number of aliphatic hydroxyl groups is 9. The molecular weight excluding hydrogens is 955 g/mol. The Labute approximate surface area is 405 Å². The lowest BCUT2D eigenvalue weighted by molar-refractivity contribution is -0.430. The molecule has 9 rings (SSSR count). The lowest BCUT2D eigenvalue weighted by Crippen LogP contribution is -2.79. The maximum absolute atomic E-state index is 15.2. The Morgan fingerprint density at radius 3 is 2.35 bits per heavy atom. The number of aromatic nitrogens is 1. The van der Waals surface area contributed by atoms with E-state index in [4.69, 9.17) is 29.1 Å². The van der Waals surface area contributed by atoms with Crippen LogP contribution in [0.5, 0.6) is 23.0 Å². The number of ether oxygens (including phenoxy) is 4. The number of hydrogen-bond acceptors (Lipinski definition) is 22. The number of phenols is 3. The quantitative estimate of drug-likeness (QED) is 0.0260. The van der Waals surface area contributed by atoms with Gasteiger partial charge in [0, 0.05) is 84.5 Å². The van der Waals surface area contributed by atoms with Gasteiger partial charge in [0.2, 0.25) is 17.2 Å². The van der Waals surface area contributed by atoms with Crippen LogP contribution < -0.4 is 21.2 Å². The number of hydrogen-bond donors (Lipinski definition) is 16. The number of dihydropyridines is 1. The predicted molar refractivity (Wildman–Crippen MR) is 241 cm³/mol. The van der Waals surface area contributed by atoms with Crippen molar-refractivity contribution in [3.63, 3.8) is 0 Å². The van der Waals surface area contributed by atoms with Crippen molar-refractivity contribution < 1.29 is 99.3 Å². The van der Waals surface area contributed by atoms with E-state index in [-0.39, 0.29) is 40.9 Å². The Morgan fingerprint density at radius 1 is 0.917 bits per heavy atom. The summed E-state index contributed by atoms with van der Waals surface area (Å²) in [6, 6.07) is 7.71. The smallest absolute Gasteiger partial charge is 0.354 e. The van der Waals surface area contributed by atoms with Gasteiger partial charge in [-0.1, -0.05) is 18.1 Å². The molecule has 2 aromatic heterocycles. The van der Waals surface area contributed by atoms with Gasteiger partial charge in [-0.3, -0.25) is 4.79 Å². The second-order valence-electron chi connectivity index (χ2n) is 18.1. The molecule has 2 spiro atoms. The summed E-state index contributed by atoms with van der Waals surface area (Å²) in [5.74, 6) is -13.8. The predicted octanol–water partition coefficient (Wildman–Crippen LogP) is -2.36. The summed E-state index contributed by atoms with van der Waals surface area (Å²) in [4.78, 5) is 45.4. The van der Waals surface area contributed by atoms with Crippen LogP contribution in [0.4, 0.5) is 0 Å². The van der Waals surface area contributed by atoms with Crippen LogP contribution >= 0.6 is 0 Å². The second kappa shape index (κ2) is 18.0. The maximum Gasteiger partial charge on any atom is 0.354 e. The minimum atomic E-state index is -3.96. The zero-order chi connectivity index (χ0) is 51.9. The number of nitrogens with two attached hydrogens (primary N) is 1. The van der Waals surface area contributed by atoms with Gasteiger partial charge in [0.05, 0.1) is 12.6 Å². The third-order valence-electron chi connectivity index (χ3n) is 13.6. The van der Waals surface area contributed by atoms with Crippen molar-refractivity contribution in [3.8, 4) is 46.2 Å². The van der Waals surface area contributed by atoms with Crippen LogP contribution in [-0.2, 0) is 36.6 Å². The molecule has 5 aliphatic heterocycles. The third-order valence-corrected chi connectivity index (χ3v) is 13.6. The number of carboxylic acids is 1. The molecule has 24 heteroatoms. The molecule has 5 aliphatic rings. The number of benzene rings is 2. The highest BCUT2D eigenvalue weighted by atomic mass is 16.8. The fourth-order valence-electron chi connectivity index (χ4n) is 9.83. The molecule has 382 valence electrons. The Kier molecular flexibility index (Phi) is 12.6. The number of esters is 1. The Hall–Kier alpha value is -6.83. The van der Waals surface area contributed by atoms with E-state index in [0.717, 1.165) is 18.2 Å². The first-order valence-corrected chi connectivity index (χ1v) is 22.4. The number of carbonyl (C=O) groups excluding carboxylic acids is 1. The van der Waals surface area contributed by atoms with Gasteiger partial charge in [-0.2, -0.15) is 0 Å². The lowest BCUT2D eigenvalue weighted by Gasteiger charge is -2.55. The fraction of sp³-hybridized carbons (Fsp3) is 0.396. The standard InChI is InChI=1S/C48H49N3O21/c49-32-6-5-22(20-51-32)26-17-24(16-25-4-1-11-50-25)47(69-31-19-30-34(36(57)33(26)31)27(54)18-29(68-30)23-14-21(7-13-53)35(56)28(55)15-23)39(60)37(58)38(59)44(71-47)8-2-9-45(42(63)64)48(66,67)41(62)40(61)46(72-45,10-3-12-52)70-43(44)65/h1,4-6,11,14-15,17-20,26,32,37-41,50-53,55-62,66-67H,3,7-8,10,12-13,16,49H2,(H,63,64). The molecule has 11 atom stereocenters. The average molecular weight is 1000 g/mol. The van der Waals surface area contributed by atoms with Gasteiger partial charge in [0.25, 0.3) is 11.4 Å².